The minimum absolute atomic E-state index is 0.00918. The molecule has 1 rings (SSSR count). The molecule has 1 amide bonds. The SMILES string of the molecule is CC(=CCC(C)NC(=O)OC(C)(C)C)c1cncc(Br)c1. The number of hydrogen-bond donors (Lipinski definition) is 1. The van der Waals surface area contributed by atoms with Crippen molar-refractivity contribution in [3.05, 3.63) is 34.6 Å². The summed E-state index contributed by atoms with van der Waals surface area (Å²) in [5, 5.41) is 2.82. The quantitative estimate of drug-likeness (QED) is 0.862. The number of aromatic nitrogens is 1. The van der Waals surface area contributed by atoms with Gasteiger partial charge in [0.2, 0.25) is 0 Å². The maximum atomic E-state index is 11.7. The van der Waals surface area contributed by atoms with Gasteiger partial charge in [0.1, 0.15) is 5.60 Å². The van der Waals surface area contributed by atoms with Crippen LogP contribution < -0.4 is 5.32 Å². The van der Waals surface area contributed by atoms with Crippen molar-refractivity contribution in [2.45, 2.75) is 52.7 Å². The molecule has 0 aromatic carbocycles. The first kappa shape index (κ1) is 17.7. The van der Waals surface area contributed by atoms with Crippen molar-refractivity contribution in [2.75, 3.05) is 0 Å². The fourth-order valence-electron chi connectivity index (χ4n) is 1.67. The smallest absolute Gasteiger partial charge is 0.407 e. The molecule has 0 bridgehead atoms. The van der Waals surface area contributed by atoms with Crippen molar-refractivity contribution in [1.82, 2.24) is 10.3 Å². The van der Waals surface area contributed by atoms with Crippen LogP contribution in [0.3, 0.4) is 0 Å². The van der Waals surface area contributed by atoms with Gasteiger partial charge in [-0.15, -0.1) is 0 Å². The number of nitrogens with zero attached hydrogens (tertiary/aromatic N) is 1. The zero-order valence-electron chi connectivity index (χ0n) is 13.2. The number of carbonyl (C=O) groups excluding carboxylic acids is 1. The van der Waals surface area contributed by atoms with E-state index < -0.39 is 5.60 Å². The predicted octanol–water partition coefficient (Wildman–Crippen LogP) is 4.55. The van der Waals surface area contributed by atoms with E-state index in [1.165, 1.54) is 0 Å². The van der Waals surface area contributed by atoms with Gasteiger partial charge >= 0.3 is 6.09 Å². The van der Waals surface area contributed by atoms with Gasteiger partial charge in [-0.1, -0.05) is 6.08 Å². The Hall–Kier alpha value is -1.36. The lowest BCUT2D eigenvalue weighted by Gasteiger charge is -2.21. The number of amides is 1. The Kier molecular flexibility index (Phi) is 6.40. The largest absolute Gasteiger partial charge is 0.444 e. The van der Waals surface area contributed by atoms with E-state index in [9.17, 15) is 4.79 Å². The molecule has 1 aromatic heterocycles. The molecule has 116 valence electrons. The summed E-state index contributed by atoms with van der Waals surface area (Å²) in [6.07, 6.45) is 6.01. The highest BCUT2D eigenvalue weighted by Gasteiger charge is 2.17. The van der Waals surface area contributed by atoms with Crippen LogP contribution in [0, 0.1) is 0 Å². The molecule has 0 saturated heterocycles. The number of halogens is 1. The molecular weight excluding hydrogens is 332 g/mol. The van der Waals surface area contributed by atoms with E-state index in [1.54, 1.807) is 6.20 Å². The van der Waals surface area contributed by atoms with Crippen LogP contribution in [-0.4, -0.2) is 22.7 Å². The second kappa shape index (κ2) is 7.59. The Morgan fingerprint density at radius 3 is 2.71 bits per heavy atom. The number of hydrogen-bond acceptors (Lipinski definition) is 3. The first-order valence-corrected chi connectivity index (χ1v) is 7.74. The number of rotatable bonds is 4. The monoisotopic (exact) mass is 354 g/mol. The first-order chi connectivity index (χ1) is 9.67. The number of ether oxygens (including phenoxy) is 1. The van der Waals surface area contributed by atoms with Gasteiger partial charge in [0, 0.05) is 22.9 Å². The summed E-state index contributed by atoms with van der Waals surface area (Å²) in [6, 6.07) is 2.03. The van der Waals surface area contributed by atoms with Crippen LogP contribution in [0.2, 0.25) is 0 Å². The van der Waals surface area contributed by atoms with Crippen LogP contribution in [0.4, 0.5) is 4.79 Å². The van der Waals surface area contributed by atoms with Gasteiger partial charge in [0.05, 0.1) is 0 Å². The molecule has 0 aliphatic rings. The lowest BCUT2D eigenvalue weighted by Crippen LogP contribution is -2.37. The summed E-state index contributed by atoms with van der Waals surface area (Å²) < 4.78 is 6.18. The lowest BCUT2D eigenvalue weighted by molar-refractivity contribution is 0.0509. The molecular formula is C16H23BrN2O2. The normalized spacial score (nSPS) is 13.7. The highest BCUT2D eigenvalue weighted by Crippen LogP contribution is 2.18. The molecule has 21 heavy (non-hydrogen) atoms. The number of carbonyl (C=O) groups is 1. The number of pyridine rings is 1. The van der Waals surface area contributed by atoms with Gasteiger partial charge in [0.25, 0.3) is 0 Å². The number of alkyl carbamates (subject to hydrolysis) is 1. The summed E-state index contributed by atoms with van der Waals surface area (Å²) in [5.74, 6) is 0. The Labute approximate surface area is 135 Å². The van der Waals surface area contributed by atoms with Gasteiger partial charge < -0.3 is 10.1 Å². The molecule has 4 nitrogen and oxygen atoms in total. The first-order valence-electron chi connectivity index (χ1n) is 6.94. The summed E-state index contributed by atoms with van der Waals surface area (Å²) in [7, 11) is 0. The van der Waals surface area contributed by atoms with Gasteiger partial charge in [-0.2, -0.15) is 0 Å². The second-order valence-electron chi connectivity index (χ2n) is 6.06. The molecule has 0 spiro atoms. The average Bonchev–Trinajstić information content (AvgIpc) is 2.33. The van der Waals surface area contributed by atoms with Crippen molar-refractivity contribution >= 4 is 27.6 Å². The summed E-state index contributed by atoms with van der Waals surface area (Å²) >= 11 is 3.41. The average molecular weight is 355 g/mol. The van der Waals surface area contributed by atoms with E-state index in [1.807, 2.05) is 46.9 Å². The number of allylic oxidation sites excluding steroid dienone is 1. The van der Waals surface area contributed by atoms with Crippen molar-refractivity contribution < 1.29 is 9.53 Å². The van der Waals surface area contributed by atoms with Crippen molar-refractivity contribution in [3.63, 3.8) is 0 Å². The van der Waals surface area contributed by atoms with Crippen LogP contribution in [0.1, 0.15) is 46.6 Å². The molecule has 1 unspecified atom stereocenters. The summed E-state index contributed by atoms with van der Waals surface area (Å²) in [4.78, 5) is 15.8. The van der Waals surface area contributed by atoms with Crippen LogP contribution in [0.25, 0.3) is 5.57 Å². The van der Waals surface area contributed by atoms with Gasteiger partial charge in [0.15, 0.2) is 0 Å². The predicted molar refractivity (Wildman–Crippen MR) is 89.0 cm³/mol. The molecule has 1 aromatic rings. The van der Waals surface area contributed by atoms with Crippen LogP contribution in [-0.2, 0) is 4.74 Å². The van der Waals surface area contributed by atoms with Crippen LogP contribution in [0.5, 0.6) is 0 Å². The highest BCUT2D eigenvalue weighted by atomic mass is 79.9. The Bertz CT molecular complexity index is 521. The molecule has 0 fully saturated rings. The van der Waals surface area contributed by atoms with E-state index in [0.29, 0.717) is 0 Å². The topological polar surface area (TPSA) is 51.2 Å². The van der Waals surface area contributed by atoms with Gasteiger partial charge in [-0.3, -0.25) is 4.98 Å². The minimum Gasteiger partial charge on any atom is -0.444 e. The maximum Gasteiger partial charge on any atom is 0.407 e. The fourth-order valence-corrected chi connectivity index (χ4v) is 2.03. The second-order valence-corrected chi connectivity index (χ2v) is 6.98. The fraction of sp³-hybridized carbons (Fsp3) is 0.500. The number of nitrogens with one attached hydrogen (secondary N) is 1. The third kappa shape index (κ3) is 7.27. The molecule has 5 heteroatoms. The standard InChI is InChI=1S/C16H23BrN2O2/c1-11(13-8-14(17)10-18-9-13)6-7-12(2)19-15(20)21-16(3,4)5/h6,8-10,12H,7H2,1-5H3,(H,19,20). The van der Waals surface area contributed by atoms with E-state index in [-0.39, 0.29) is 12.1 Å². The summed E-state index contributed by atoms with van der Waals surface area (Å²) in [5.41, 5.74) is 1.72. The molecule has 1 N–H and O–H groups in total. The highest BCUT2D eigenvalue weighted by molar-refractivity contribution is 9.10. The minimum atomic E-state index is -0.475. The Morgan fingerprint density at radius 1 is 1.48 bits per heavy atom. The maximum absolute atomic E-state index is 11.7. The Morgan fingerprint density at radius 2 is 2.14 bits per heavy atom. The zero-order chi connectivity index (χ0) is 16.0. The molecule has 0 aliphatic carbocycles. The van der Waals surface area contributed by atoms with Gasteiger partial charge in [-0.05, 0) is 74.2 Å². The molecule has 0 saturated carbocycles. The molecule has 1 heterocycles. The van der Waals surface area contributed by atoms with E-state index >= 15 is 0 Å². The van der Waals surface area contributed by atoms with Crippen molar-refractivity contribution in [3.8, 4) is 0 Å². The molecule has 0 radical (unpaired) electrons. The zero-order valence-corrected chi connectivity index (χ0v) is 14.8. The molecule has 1 atom stereocenters. The summed E-state index contributed by atoms with van der Waals surface area (Å²) in [6.45, 7) is 9.53. The Balaban J connectivity index is 2.53. The van der Waals surface area contributed by atoms with Crippen molar-refractivity contribution in [1.29, 1.82) is 0 Å². The third-order valence-corrected chi connectivity index (χ3v) is 3.13. The van der Waals surface area contributed by atoms with Crippen LogP contribution in [0.15, 0.2) is 29.0 Å². The molecule has 0 aliphatic heterocycles. The lowest BCUT2D eigenvalue weighted by atomic mass is 10.1. The van der Waals surface area contributed by atoms with Crippen LogP contribution >= 0.6 is 15.9 Å². The third-order valence-electron chi connectivity index (χ3n) is 2.70. The van der Waals surface area contributed by atoms with Crippen molar-refractivity contribution in [2.24, 2.45) is 0 Å². The van der Waals surface area contributed by atoms with E-state index in [0.717, 1.165) is 22.0 Å². The van der Waals surface area contributed by atoms with E-state index in [2.05, 4.69) is 32.3 Å². The van der Waals surface area contributed by atoms with E-state index in [4.69, 9.17) is 4.74 Å². The van der Waals surface area contributed by atoms with Gasteiger partial charge in [-0.25, -0.2) is 4.79 Å².